The van der Waals surface area contributed by atoms with Crippen molar-refractivity contribution in [1.82, 2.24) is 31.9 Å². The van der Waals surface area contributed by atoms with Gasteiger partial charge in [-0.05, 0) is 38.6 Å². The Kier molecular flexibility index (Phi) is 17.7. The van der Waals surface area contributed by atoms with Gasteiger partial charge in [0.15, 0.2) is 0 Å². The van der Waals surface area contributed by atoms with Crippen LogP contribution in [0.15, 0.2) is 0 Å². The predicted octanol–water partition coefficient (Wildman–Crippen LogP) is -4.52. The highest BCUT2D eigenvalue weighted by Crippen LogP contribution is 2.07. The van der Waals surface area contributed by atoms with Gasteiger partial charge in [-0.15, -0.1) is 0 Å². The lowest BCUT2D eigenvalue weighted by Crippen LogP contribution is -2.59. The van der Waals surface area contributed by atoms with Gasteiger partial charge in [-0.2, -0.15) is 0 Å². The Balaban J connectivity index is 5.63. The minimum atomic E-state index is -1.60. The number of carbonyl (C=O) groups is 8. The molecule has 0 bridgehead atoms. The van der Waals surface area contributed by atoms with Gasteiger partial charge in [0.05, 0.1) is 19.5 Å². The zero-order valence-electron chi connectivity index (χ0n) is 23.9. The number of amides is 6. The molecule has 42 heavy (non-hydrogen) atoms. The second-order valence-corrected chi connectivity index (χ2v) is 9.62. The van der Waals surface area contributed by atoms with Crippen molar-refractivity contribution in [1.29, 1.82) is 0 Å². The molecular formula is C24H42N8O10. The van der Waals surface area contributed by atoms with Crippen LogP contribution in [0.1, 0.15) is 46.5 Å². The first kappa shape index (κ1) is 37.7. The first-order valence-electron chi connectivity index (χ1n) is 13.2. The van der Waals surface area contributed by atoms with Crippen molar-refractivity contribution in [3.05, 3.63) is 0 Å². The molecule has 0 aromatic rings. The maximum atomic E-state index is 13.2. The van der Waals surface area contributed by atoms with Gasteiger partial charge in [-0.3, -0.25) is 38.4 Å². The van der Waals surface area contributed by atoms with E-state index in [2.05, 4.69) is 31.9 Å². The molecule has 238 valence electrons. The van der Waals surface area contributed by atoms with Crippen LogP contribution in [0.5, 0.6) is 0 Å². The maximum Gasteiger partial charge on any atom is 0.322 e. The van der Waals surface area contributed by atoms with Gasteiger partial charge < -0.3 is 53.6 Å². The lowest BCUT2D eigenvalue weighted by atomic mass is 10.0. The summed E-state index contributed by atoms with van der Waals surface area (Å²) in [5, 5.41) is 31.7. The molecule has 0 aliphatic rings. The number of hydrogen-bond acceptors (Lipinski definition) is 10. The lowest BCUT2D eigenvalue weighted by molar-refractivity contribution is -0.141. The average Bonchev–Trinajstić information content (AvgIpc) is 2.91. The van der Waals surface area contributed by atoms with Crippen molar-refractivity contribution in [2.45, 2.75) is 70.6 Å². The van der Waals surface area contributed by atoms with E-state index in [0.717, 1.165) is 0 Å². The van der Waals surface area contributed by atoms with Gasteiger partial charge in [0.25, 0.3) is 0 Å². The van der Waals surface area contributed by atoms with E-state index in [4.69, 9.17) is 16.6 Å². The standard InChI is InChI=1S/C24H42N8O10/c1-12(2)20(32-23(41)15(8-18(35)36)30-17(34)10-27-16(33)9-26)24(42)31-14(6-4-5-7-25)22(40)29-13(3)21(39)28-11-19(37)38/h12-15,20H,4-11,25-26H2,1-3H3,(H,27,33)(H,28,39)(H,29,40)(H,30,34)(H,31,42)(H,32,41)(H,35,36)(H,37,38)/t13-,14-,15-,20-/m0/s1. The van der Waals surface area contributed by atoms with Crippen molar-refractivity contribution in [3.63, 3.8) is 0 Å². The van der Waals surface area contributed by atoms with E-state index in [1.54, 1.807) is 13.8 Å². The van der Waals surface area contributed by atoms with E-state index in [1.165, 1.54) is 6.92 Å². The summed E-state index contributed by atoms with van der Waals surface area (Å²) in [6.07, 6.45) is 0.214. The second-order valence-electron chi connectivity index (χ2n) is 9.62. The maximum absolute atomic E-state index is 13.2. The monoisotopic (exact) mass is 602 g/mol. The minimum absolute atomic E-state index is 0.114. The van der Waals surface area contributed by atoms with Crippen LogP contribution in [0.4, 0.5) is 0 Å². The zero-order valence-corrected chi connectivity index (χ0v) is 23.9. The van der Waals surface area contributed by atoms with Gasteiger partial charge in [-0.25, -0.2) is 0 Å². The molecule has 0 aromatic carbocycles. The molecule has 0 aromatic heterocycles. The molecule has 18 nitrogen and oxygen atoms in total. The Morgan fingerprint density at radius 3 is 1.79 bits per heavy atom. The third kappa shape index (κ3) is 15.5. The van der Waals surface area contributed by atoms with Gasteiger partial charge in [-0.1, -0.05) is 13.8 Å². The molecule has 6 amide bonds. The number of rotatable bonds is 20. The normalized spacial score (nSPS) is 13.5. The fourth-order valence-corrected chi connectivity index (χ4v) is 3.39. The molecule has 0 aliphatic heterocycles. The fraction of sp³-hybridized carbons (Fsp3) is 0.667. The van der Waals surface area contributed by atoms with Crippen molar-refractivity contribution in [3.8, 4) is 0 Å². The first-order chi connectivity index (χ1) is 19.6. The molecule has 0 unspecified atom stereocenters. The highest BCUT2D eigenvalue weighted by atomic mass is 16.4. The summed E-state index contributed by atoms with van der Waals surface area (Å²) in [7, 11) is 0. The molecule has 0 rings (SSSR count). The summed E-state index contributed by atoms with van der Waals surface area (Å²) in [6, 6.07) is -5.18. The van der Waals surface area contributed by atoms with Gasteiger partial charge >= 0.3 is 11.9 Å². The van der Waals surface area contributed by atoms with Crippen LogP contribution in [-0.4, -0.2) is 108 Å². The van der Waals surface area contributed by atoms with Gasteiger partial charge in [0, 0.05) is 0 Å². The molecule has 0 radical (unpaired) electrons. The minimum Gasteiger partial charge on any atom is -0.481 e. The van der Waals surface area contributed by atoms with E-state index in [-0.39, 0.29) is 13.0 Å². The number of unbranched alkanes of at least 4 members (excludes halogenated alkanes) is 1. The van der Waals surface area contributed by atoms with Crippen LogP contribution in [0.3, 0.4) is 0 Å². The Bertz CT molecular complexity index is 990. The lowest BCUT2D eigenvalue weighted by Gasteiger charge is -2.27. The van der Waals surface area contributed by atoms with E-state index >= 15 is 0 Å². The van der Waals surface area contributed by atoms with Crippen LogP contribution in [0.2, 0.25) is 0 Å². The molecule has 18 heteroatoms. The number of carboxylic acid groups (broad SMARTS) is 2. The quantitative estimate of drug-likeness (QED) is 0.0590. The second kappa shape index (κ2) is 19.7. The van der Waals surface area contributed by atoms with Crippen LogP contribution in [-0.2, 0) is 38.4 Å². The van der Waals surface area contributed by atoms with E-state index in [0.29, 0.717) is 19.4 Å². The first-order valence-corrected chi connectivity index (χ1v) is 13.2. The summed E-state index contributed by atoms with van der Waals surface area (Å²) in [4.78, 5) is 96.5. The molecule has 0 saturated carbocycles. The summed E-state index contributed by atoms with van der Waals surface area (Å²) in [5.74, 6) is -8.11. The van der Waals surface area contributed by atoms with E-state index in [1.807, 2.05) is 0 Å². The SMILES string of the molecule is CC(C)[C@H](NC(=O)[C@H](CC(=O)O)NC(=O)CNC(=O)CN)C(=O)N[C@@H](CCCCN)C(=O)N[C@@H](C)C(=O)NCC(=O)O. The Hall–Kier alpha value is -4.32. The summed E-state index contributed by atoms with van der Waals surface area (Å²) in [6.45, 7) is 3.18. The molecule has 0 heterocycles. The third-order valence-electron chi connectivity index (χ3n) is 5.65. The number of carboxylic acids is 2. The van der Waals surface area contributed by atoms with Crippen LogP contribution >= 0.6 is 0 Å². The van der Waals surface area contributed by atoms with Crippen LogP contribution < -0.4 is 43.4 Å². The van der Waals surface area contributed by atoms with Gasteiger partial charge in [0.2, 0.25) is 35.4 Å². The van der Waals surface area contributed by atoms with E-state index < -0.39 is 97.0 Å². The molecule has 12 N–H and O–H groups in total. The number of nitrogens with two attached hydrogens (primary N) is 2. The fourth-order valence-electron chi connectivity index (χ4n) is 3.39. The summed E-state index contributed by atoms with van der Waals surface area (Å²) in [5.41, 5.74) is 10.7. The molecular weight excluding hydrogens is 560 g/mol. The van der Waals surface area contributed by atoms with Crippen molar-refractivity contribution in [2.24, 2.45) is 17.4 Å². The molecule has 0 spiro atoms. The number of nitrogens with one attached hydrogen (secondary N) is 6. The summed E-state index contributed by atoms with van der Waals surface area (Å²) < 4.78 is 0. The number of aliphatic carboxylic acids is 2. The zero-order chi connectivity index (χ0) is 32.4. The van der Waals surface area contributed by atoms with Crippen molar-refractivity contribution < 1.29 is 48.6 Å². The average molecular weight is 603 g/mol. The Morgan fingerprint density at radius 1 is 0.643 bits per heavy atom. The van der Waals surface area contributed by atoms with E-state index in [9.17, 15) is 43.5 Å². The number of carbonyl (C=O) groups excluding carboxylic acids is 6. The van der Waals surface area contributed by atoms with Crippen molar-refractivity contribution >= 4 is 47.4 Å². The molecule has 4 atom stereocenters. The number of hydrogen-bond donors (Lipinski definition) is 10. The molecule has 0 aliphatic carbocycles. The smallest absolute Gasteiger partial charge is 0.322 e. The predicted molar refractivity (Wildman–Crippen MR) is 146 cm³/mol. The molecule has 0 fully saturated rings. The van der Waals surface area contributed by atoms with Crippen molar-refractivity contribution in [2.75, 3.05) is 26.2 Å². The Labute approximate surface area is 242 Å². The summed E-state index contributed by atoms with van der Waals surface area (Å²) >= 11 is 0. The highest BCUT2D eigenvalue weighted by molar-refractivity contribution is 5.97. The Morgan fingerprint density at radius 2 is 1.26 bits per heavy atom. The van der Waals surface area contributed by atoms with Gasteiger partial charge in [0.1, 0.15) is 30.7 Å². The largest absolute Gasteiger partial charge is 0.481 e. The third-order valence-corrected chi connectivity index (χ3v) is 5.65. The topological polar surface area (TPSA) is 301 Å². The highest BCUT2D eigenvalue weighted by Gasteiger charge is 2.32. The van der Waals surface area contributed by atoms with Crippen LogP contribution in [0, 0.1) is 5.92 Å². The molecule has 0 saturated heterocycles. The van der Waals surface area contributed by atoms with Crippen LogP contribution in [0.25, 0.3) is 0 Å².